The lowest BCUT2D eigenvalue weighted by Gasteiger charge is -2.16. The van der Waals surface area contributed by atoms with E-state index in [9.17, 15) is 36.8 Å². The summed E-state index contributed by atoms with van der Waals surface area (Å²) in [6, 6.07) is 176. The molecule has 0 bridgehead atoms. The Hall–Kier alpha value is -21.1. The minimum atomic E-state index is 0.461. The normalized spacial score (nSPS) is 11.2. The Bertz CT molecular complexity index is 10200. The number of fused-ring (bicyclic) bond motifs is 18. The molecule has 13 heteroatoms. The summed E-state index contributed by atoms with van der Waals surface area (Å²) in [5.74, 6) is 0. The van der Waals surface area contributed by atoms with Gasteiger partial charge in [0.15, 0.2) is 0 Å². The van der Waals surface area contributed by atoms with Crippen LogP contribution in [-0.4, -0.2) is 27.4 Å². The third-order valence-electron chi connectivity index (χ3n) is 28.3. The Morgan fingerprint density at radius 3 is 0.685 bits per heavy atom. The van der Waals surface area contributed by atoms with Crippen molar-refractivity contribution in [2.24, 2.45) is 0 Å². The van der Waals surface area contributed by atoms with Crippen LogP contribution in [0.4, 0.5) is 0 Å². The number of hydrogen-bond acceptors (Lipinski definition) is 7. The highest BCUT2D eigenvalue weighted by Crippen LogP contribution is 2.46. The Labute approximate surface area is 838 Å². The average Bonchev–Trinajstić information content (AvgIpc) is 1.63. The van der Waals surface area contributed by atoms with Crippen LogP contribution in [0.1, 0.15) is 38.9 Å². The highest BCUT2D eigenvalue weighted by Gasteiger charge is 2.25. The average molecular weight is 1860 g/mol. The van der Waals surface area contributed by atoms with Crippen molar-refractivity contribution in [3.8, 4) is 143 Å². The number of rotatable bonds is 12. The fourth-order valence-corrected chi connectivity index (χ4v) is 21.8. The zero-order valence-corrected chi connectivity index (χ0v) is 78.3. The van der Waals surface area contributed by atoms with E-state index < -0.39 is 0 Å². The third kappa shape index (κ3) is 14.7. The van der Waals surface area contributed by atoms with Crippen LogP contribution in [0.3, 0.4) is 0 Å². The second-order valence-electron chi connectivity index (χ2n) is 36.5. The van der Waals surface area contributed by atoms with Crippen LogP contribution < -0.4 is 0 Å². The summed E-state index contributed by atoms with van der Waals surface area (Å²) in [5.41, 5.74) is 34.4. The van der Waals surface area contributed by atoms with Crippen LogP contribution in [0, 0.1) is 79.3 Å². The van der Waals surface area contributed by atoms with Crippen molar-refractivity contribution in [2.45, 2.75) is 0 Å². The van der Waals surface area contributed by atoms with Gasteiger partial charge >= 0.3 is 0 Å². The molecule has 27 rings (SSSR count). The zero-order valence-electron chi connectivity index (χ0n) is 78.3. The molecule has 674 valence electrons. The van der Waals surface area contributed by atoms with Crippen LogP contribution in [0.15, 0.2) is 467 Å². The van der Waals surface area contributed by atoms with Gasteiger partial charge in [0.2, 0.25) is 0 Å². The van der Waals surface area contributed by atoms with Crippen molar-refractivity contribution in [3.05, 3.63) is 506 Å². The maximum atomic E-state index is 10.6. The molecule has 0 radical (unpaired) electrons. The second kappa shape index (κ2) is 36.0. The lowest BCUT2D eigenvalue weighted by molar-refractivity contribution is 1.17. The standard InChI is InChI=1S/C45H25N5.2C44H26N4/c46-26-29-13-19-44-40(21-29)38-9-3-5-11-42(38)49(44)35-17-15-31(16-18-35)33-23-34(37-8-2-1-7-32(37)28-48)25-36(24-33)50-43-12-6-4-10-39(43)41-22-30(27-47)14-20-45(41)50;45-27-29-21-30(28-46)23-32(22-29)34-24-33(25-36(26-34)48-43-15-7-3-11-39(43)40-12-4-8-16-44(40)48)31-17-19-35(20-18-31)47-41-13-5-1-9-37(41)38-10-2-6-14-42(38)47;45-27-30-11-1-2-12-35(30)32-24-31(25-34(26-32)47-41-17-7-3-13-36(41)37-14-4-8-18-42(37)47)29-21-22-40(33(23-29)28-46)48-43-19-9-5-15-38(43)39-16-6-10-20-44(39)48/h1-25H;2*1-26H. The molecule has 0 fully saturated rings. The molecule has 6 aromatic heterocycles. The van der Waals surface area contributed by atoms with Crippen LogP contribution >= 0.6 is 0 Å². The van der Waals surface area contributed by atoms with Crippen molar-refractivity contribution < 1.29 is 0 Å². The van der Waals surface area contributed by atoms with Gasteiger partial charge in [0.1, 0.15) is 6.07 Å². The fourth-order valence-electron chi connectivity index (χ4n) is 21.8. The van der Waals surface area contributed by atoms with Crippen molar-refractivity contribution in [3.63, 3.8) is 0 Å². The first kappa shape index (κ1) is 86.4. The molecule has 0 atom stereocenters. The molecule has 0 saturated carbocycles. The molecule has 0 amide bonds. The van der Waals surface area contributed by atoms with E-state index in [1.165, 1.54) is 43.4 Å². The molecule has 6 heterocycles. The summed E-state index contributed by atoms with van der Waals surface area (Å²) in [5, 5.41) is 83.2. The number of benzene rings is 21. The van der Waals surface area contributed by atoms with Gasteiger partial charge in [0.05, 0.1) is 147 Å². The maximum absolute atomic E-state index is 10.6. The van der Waals surface area contributed by atoms with Crippen molar-refractivity contribution in [1.82, 2.24) is 27.4 Å². The summed E-state index contributed by atoms with van der Waals surface area (Å²) in [6.45, 7) is 0. The predicted octanol–water partition coefficient (Wildman–Crippen LogP) is 32.7. The highest BCUT2D eigenvalue weighted by molar-refractivity contribution is 6.15. The minimum Gasteiger partial charge on any atom is -0.309 e. The topological polar surface area (TPSA) is 196 Å². The smallest absolute Gasteiger partial charge is 0.101 e. The molecule has 0 aliphatic heterocycles. The van der Waals surface area contributed by atoms with Crippen LogP contribution in [0.5, 0.6) is 0 Å². The summed E-state index contributed by atoms with van der Waals surface area (Å²) in [7, 11) is 0. The number of hydrogen-bond donors (Lipinski definition) is 0. The summed E-state index contributed by atoms with van der Waals surface area (Å²) >= 11 is 0. The molecule has 0 aliphatic carbocycles. The first-order valence-corrected chi connectivity index (χ1v) is 48.1. The van der Waals surface area contributed by atoms with E-state index in [2.05, 4.69) is 391 Å². The van der Waals surface area contributed by atoms with E-state index in [4.69, 9.17) is 0 Å². The number of nitriles is 7. The summed E-state index contributed by atoms with van der Waals surface area (Å²) < 4.78 is 13.6. The molecular weight excluding hydrogens is 1780 g/mol. The van der Waals surface area contributed by atoms with Gasteiger partial charge in [-0.2, -0.15) is 36.8 Å². The molecule has 0 spiro atoms. The Balaban J connectivity index is 0.000000114. The molecule has 0 saturated heterocycles. The van der Waals surface area contributed by atoms with Crippen molar-refractivity contribution in [1.29, 1.82) is 36.8 Å². The quantitative estimate of drug-likeness (QED) is 0.116. The largest absolute Gasteiger partial charge is 0.309 e. The van der Waals surface area contributed by atoms with Gasteiger partial charge in [-0.15, -0.1) is 0 Å². The van der Waals surface area contributed by atoms with E-state index in [1.807, 2.05) is 140 Å². The van der Waals surface area contributed by atoms with E-state index in [0.717, 1.165) is 188 Å². The fraction of sp³-hybridized carbons (Fsp3) is 0. The summed E-state index contributed by atoms with van der Waals surface area (Å²) in [6.07, 6.45) is 0. The minimum absolute atomic E-state index is 0.461. The predicted molar refractivity (Wildman–Crippen MR) is 591 cm³/mol. The van der Waals surface area contributed by atoms with Gasteiger partial charge in [0.25, 0.3) is 0 Å². The third-order valence-corrected chi connectivity index (χ3v) is 28.3. The van der Waals surface area contributed by atoms with Crippen LogP contribution in [-0.2, 0) is 0 Å². The van der Waals surface area contributed by atoms with Crippen molar-refractivity contribution in [2.75, 3.05) is 0 Å². The summed E-state index contributed by atoms with van der Waals surface area (Å²) in [4.78, 5) is 0. The van der Waals surface area contributed by atoms with Gasteiger partial charge in [-0.3, -0.25) is 0 Å². The Kier molecular flexibility index (Phi) is 21.3. The molecule has 0 aliphatic rings. The van der Waals surface area contributed by atoms with E-state index >= 15 is 0 Å². The van der Waals surface area contributed by atoms with E-state index in [-0.39, 0.29) is 0 Å². The number of nitrogens with zero attached hydrogens (tertiary/aromatic N) is 13. The zero-order chi connectivity index (χ0) is 98.2. The molecule has 13 nitrogen and oxygen atoms in total. The van der Waals surface area contributed by atoms with Gasteiger partial charge in [-0.1, -0.05) is 249 Å². The first-order chi connectivity index (χ1) is 72.1. The molecular formula is C133H77N13. The van der Waals surface area contributed by atoms with Gasteiger partial charge < -0.3 is 27.4 Å². The van der Waals surface area contributed by atoms with Gasteiger partial charge in [-0.05, 0) is 285 Å². The van der Waals surface area contributed by atoms with Crippen molar-refractivity contribution >= 4 is 131 Å². The van der Waals surface area contributed by atoms with Crippen LogP contribution in [0.2, 0.25) is 0 Å². The van der Waals surface area contributed by atoms with E-state index in [1.54, 1.807) is 6.07 Å². The Morgan fingerprint density at radius 2 is 0.370 bits per heavy atom. The van der Waals surface area contributed by atoms with Gasteiger partial charge in [0, 0.05) is 93.1 Å². The molecule has 0 unspecified atom stereocenters. The SMILES string of the molecule is N#Cc1cc(C#N)cc(-c2cc(-c3ccc(-n4c5ccccc5c5ccccc54)cc3)cc(-n3c4ccccc4c4ccccc43)c2)c1.N#Cc1ccc2c(c1)c1ccccc1n2-c1ccc(-c2cc(-c3ccccc3C#N)cc(-n3c4ccccc4c4cc(C#N)ccc43)c2)cc1.N#Cc1ccccc1-c1cc(-c2ccc(-n3c4ccccc4c4ccccc43)c(C#N)c2)cc(-n2c3ccccc3c3ccccc32)c1. The second-order valence-corrected chi connectivity index (χ2v) is 36.5. The number of aromatic nitrogens is 6. The lowest BCUT2D eigenvalue weighted by atomic mass is 9.94. The first-order valence-electron chi connectivity index (χ1n) is 48.1. The highest BCUT2D eigenvalue weighted by atomic mass is 15.0. The maximum Gasteiger partial charge on any atom is 0.101 e. The van der Waals surface area contributed by atoms with Crippen LogP contribution in [0.25, 0.3) is 232 Å². The molecule has 21 aromatic carbocycles. The molecule has 0 N–H and O–H groups in total. The monoisotopic (exact) mass is 1860 g/mol. The number of para-hydroxylation sites is 10. The van der Waals surface area contributed by atoms with Gasteiger partial charge in [-0.25, -0.2) is 0 Å². The molecule has 27 aromatic rings. The lowest BCUT2D eigenvalue weighted by Crippen LogP contribution is -1.99. The Morgan fingerprint density at radius 1 is 0.130 bits per heavy atom. The molecule has 146 heavy (non-hydrogen) atoms. The van der Waals surface area contributed by atoms with E-state index in [0.29, 0.717) is 38.9 Å².